The van der Waals surface area contributed by atoms with E-state index < -0.39 is 0 Å². The molecule has 134 valence electrons. The maximum absolute atomic E-state index is 13.1. The fourth-order valence-corrected chi connectivity index (χ4v) is 4.12. The van der Waals surface area contributed by atoms with Crippen LogP contribution in [0.5, 0.6) is 0 Å². The maximum atomic E-state index is 13.1. The van der Waals surface area contributed by atoms with E-state index in [0.29, 0.717) is 4.88 Å². The fraction of sp³-hybridized carbons (Fsp3) is 0.0870. The van der Waals surface area contributed by atoms with Crippen molar-refractivity contribution in [2.75, 3.05) is 0 Å². The van der Waals surface area contributed by atoms with Gasteiger partial charge in [-0.25, -0.2) is 4.39 Å². The molecule has 1 atom stereocenters. The van der Waals surface area contributed by atoms with Gasteiger partial charge in [0.05, 0.1) is 10.9 Å². The number of hydrogen-bond acceptors (Lipinski definition) is 2. The van der Waals surface area contributed by atoms with Gasteiger partial charge in [-0.1, -0.05) is 54.6 Å². The first kappa shape index (κ1) is 17.4. The lowest BCUT2D eigenvalue weighted by Gasteiger charge is -2.16. The van der Waals surface area contributed by atoms with Crippen molar-refractivity contribution in [3.8, 4) is 10.4 Å². The molecule has 0 bridgehead atoms. The molecule has 1 aromatic heterocycles. The number of nitrogens with one attached hydrogen (secondary N) is 1. The standard InChI is InChI=1S/C23H18FNOS/c1-15(19-8-4-6-16-5-2-3-7-20(16)19)25-23(26)22-14-13-21(27-22)17-9-11-18(24)12-10-17/h2-15H,1H3,(H,25,26). The van der Waals surface area contributed by atoms with Gasteiger partial charge in [-0.05, 0) is 53.1 Å². The summed E-state index contributed by atoms with van der Waals surface area (Å²) in [6.45, 7) is 1.99. The smallest absolute Gasteiger partial charge is 0.261 e. The summed E-state index contributed by atoms with van der Waals surface area (Å²) in [5.74, 6) is -0.369. The van der Waals surface area contributed by atoms with Crippen molar-refractivity contribution in [1.82, 2.24) is 5.32 Å². The van der Waals surface area contributed by atoms with Crippen LogP contribution in [0, 0.1) is 5.82 Å². The van der Waals surface area contributed by atoms with Gasteiger partial charge in [0.15, 0.2) is 0 Å². The van der Waals surface area contributed by atoms with E-state index in [-0.39, 0.29) is 17.8 Å². The lowest BCUT2D eigenvalue weighted by atomic mass is 10.00. The van der Waals surface area contributed by atoms with Crippen LogP contribution in [0.25, 0.3) is 21.2 Å². The van der Waals surface area contributed by atoms with Crippen molar-refractivity contribution in [3.05, 3.63) is 95.1 Å². The Balaban J connectivity index is 1.54. The number of fused-ring (bicyclic) bond motifs is 1. The molecule has 0 aliphatic heterocycles. The van der Waals surface area contributed by atoms with Crippen LogP contribution in [-0.4, -0.2) is 5.91 Å². The van der Waals surface area contributed by atoms with Crippen molar-refractivity contribution < 1.29 is 9.18 Å². The molecular weight excluding hydrogens is 357 g/mol. The van der Waals surface area contributed by atoms with E-state index in [1.54, 1.807) is 12.1 Å². The molecule has 2 nitrogen and oxygen atoms in total. The number of amides is 1. The average Bonchev–Trinajstić information content (AvgIpc) is 3.18. The van der Waals surface area contributed by atoms with Gasteiger partial charge in [0.2, 0.25) is 0 Å². The van der Waals surface area contributed by atoms with Crippen molar-refractivity contribution in [3.63, 3.8) is 0 Å². The molecule has 0 aliphatic carbocycles. The minimum Gasteiger partial charge on any atom is -0.345 e. The highest BCUT2D eigenvalue weighted by atomic mass is 32.1. The van der Waals surface area contributed by atoms with Crippen LogP contribution >= 0.6 is 11.3 Å². The Morgan fingerprint density at radius 3 is 2.48 bits per heavy atom. The summed E-state index contributed by atoms with van der Waals surface area (Å²) in [6, 6.07) is 24.2. The summed E-state index contributed by atoms with van der Waals surface area (Å²) in [5, 5.41) is 5.39. The number of hydrogen-bond donors (Lipinski definition) is 1. The molecule has 0 spiro atoms. The lowest BCUT2D eigenvalue weighted by molar-refractivity contribution is 0.0944. The molecule has 0 radical (unpaired) electrons. The van der Waals surface area contributed by atoms with Gasteiger partial charge in [0.25, 0.3) is 5.91 Å². The van der Waals surface area contributed by atoms with E-state index in [1.807, 2.05) is 43.3 Å². The molecule has 1 heterocycles. The van der Waals surface area contributed by atoms with E-state index in [1.165, 1.54) is 23.5 Å². The third kappa shape index (κ3) is 3.62. The van der Waals surface area contributed by atoms with Crippen molar-refractivity contribution in [2.45, 2.75) is 13.0 Å². The SMILES string of the molecule is CC(NC(=O)c1ccc(-c2ccc(F)cc2)s1)c1cccc2ccccc12. The van der Waals surface area contributed by atoms with Crippen molar-refractivity contribution >= 4 is 28.0 Å². The molecule has 3 aromatic carbocycles. The molecule has 1 unspecified atom stereocenters. The third-order valence-corrected chi connectivity index (χ3v) is 5.73. The van der Waals surface area contributed by atoms with E-state index >= 15 is 0 Å². The van der Waals surface area contributed by atoms with Crippen LogP contribution in [0.15, 0.2) is 78.9 Å². The molecule has 0 aliphatic rings. The molecule has 4 rings (SSSR count). The summed E-state index contributed by atoms with van der Waals surface area (Å²) in [5.41, 5.74) is 2.00. The highest BCUT2D eigenvalue weighted by molar-refractivity contribution is 7.17. The van der Waals surface area contributed by atoms with Gasteiger partial charge >= 0.3 is 0 Å². The van der Waals surface area contributed by atoms with Crippen LogP contribution in [0.1, 0.15) is 28.2 Å². The molecule has 4 heteroatoms. The largest absolute Gasteiger partial charge is 0.345 e. The normalized spacial score (nSPS) is 12.1. The Labute approximate surface area is 161 Å². The Morgan fingerprint density at radius 2 is 1.67 bits per heavy atom. The number of thiophene rings is 1. The fourth-order valence-electron chi connectivity index (χ4n) is 3.20. The second-order valence-electron chi connectivity index (χ2n) is 6.43. The monoisotopic (exact) mass is 375 g/mol. The zero-order valence-electron chi connectivity index (χ0n) is 14.8. The first-order valence-electron chi connectivity index (χ1n) is 8.76. The topological polar surface area (TPSA) is 29.1 Å². The Bertz CT molecular complexity index is 1100. The minimum atomic E-state index is -0.266. The molecule has 0 fully saturated rings. The number of benzene rings is 3. The van der Waals surface area contributed by atoms with E-state index in [9.17, 15) is 9.18 Å². The van der Waals surface area contributed by atoms with Gasteiger partial charge in [0.1, 0.15) is 5.82 Å². The van der Waals surface area contributed by atoms with Crippen LogP contribution < -0.4 is 5.32 Å². The van der Waals surface area contributed by atoms with E-state index in [0.717, 1.165) is 26.8 Å². The predicted molar refractivity (Wildman–Crippen MR) is 110 cm³/mol. The molecule has 1 N–H and O–H groups in total. The number of carbonyl (C=O) groups excluding carboxylic acids is 1. The second-order valence-corrected chi connectivity index (χ2v) is 7.52. The molecule has 1 amide bonds. The van der Waals surface area contributed by atoms with Crippen LogP contribution in [0.3, 0.4) is 0 Å². The highest BCUT2D eigenvalue weighted by Gasteiger charge is 2.15. The molecule has 0 saturated carbocycles. The first-order chi connectivity index (χ1) is 13.1. The Morgan fingerprint density at radius 1 is 0.926 bits per heavy atom. The summed E-state index contributed by atoms with van der Waals surface area (Å²) < 4.78 is 13.1. The minimum absolute atomic E-state index is 0.103. The summed E-state index contributed by atoms with van der Waals surface area (Å²) in [6.07, 6.45) is 0. The third-order valence-electron chi connectivity index (χ3n) is 4.60. The van der Waals surface area contributed by atoms with Crippen molar-refractivity contribution in [2.24, 2.45) is 0 Å². The average molecular weight is 375 g/mol. The second kappa shape index (κ2) is 7.33. The summed E-state index contributed by atoms with van der Waals surface area (Å²) in [7, 11) is 0. The molecule has 0 saturated heterocycles. The molecule has 4 aromatic rings. The Hall–Kier alpha value is -2.98. The summed E-state index contributed by atoms with van der Waals surface area (Å²) >= 11 is 1.41. The zero-order valence-corrected chi connectivity index (χ0v) is 15.6. The first-order valence-corrected chi connectivity index (χ1v) is 9.58. The predicted octanol–water partition coefficient (Wildman–Crippen LogP) is 6.20. The van der Waals surface area contributed by atoms with Gasteiger partial charge in [-0.2, -0.15) is 0 Å². The van der Waals surface area contributed by atoms with Gasteiger partial charge in [0, 0.05) is 4.88 Å². The van der Waals surface area contributed by atoms with Crippen LogP contribution in [-0.2, 0) is 0 Å². The lowest BCUT2D eigenvalue weighted by Crippen LogP contribution is -2.26. The number of rotatable bonds is 4. The highest BCUT2D eigenvalue weighted by Crippen LogP contribution is 2.29. The molecular formula is C23H18FNOS. The van der Waals surface area contributed by atoms with Crippen molar-refractivity contribution in [1.29, 1.82) is 0 Å². The van der Waals surface area contributed by atoms with Gasteiger partial charge in [-0.15, -0.1) is 11.3 Å². The van der Waals surface area contributed by atoms with Gasteiger partial charge < -0.3 is 5.32 Å². The van der Waals surface area contributed by atoms with Crippen LogP contribution in [0.2, 0.25) is 0 Å². The number of carbonyl (C=O) groups is 1. The maximum Gasteiger partial charge on any atom is 0.261 e. The quantitative estimate of drug-likeness (QED) is 0.452. The van der Waals surface area contributed by atoms with Gasteiger partial charge in [-0.3, -0.25) is 4.79 Å². The number of halogens is 1. The Kier molecular flexibility index (Phi) is 4.73. The molecule has 27 heavy (non-hydrogen) atoms. The van der Waals surface area contributed by atoms with E-state index in [2.05, 4.69) is 23.5 Å². The zero-order chi connectivity index (χ0) is 18.8. The van der Waals surface area contributed by atoms with E-state index in [4.69, 9.17) is 0 Å². The van der Waals surface area contributed by atoms with Crippen LogP contribution in [0.4, 0.5) is 4.39 Å². The summed E-state index contributed by atoms with van der Waals surface area (Å²) in [4.78, 5) is 14.3.